The molecule has 2 aromatic carbocycles. The SMILES string of the molecule is CCOc1cccc(N=Cc2cn(CC(=O)N3CCOCC3)c3ccccc23)c1. The van der Waals surface area contributed by atoms with E-state index < -0.39 is 0 Å². The maximum absolute atomic E-state index is 12.7. The lowest BCUT2D eigenvalue weighted by Crippen LogP contribution is -2.42. The van der Waals surface area contributed by atoms with Gasteiger partial charge < -0.3 is 18.9 Å². The average Bonchev–Trinajstić information content (AvgIpc) is 3.11. The Morgan fingerprint density at radius 1 is 1.17 bits per heavy atom. The monoisotopic (exact) mass is 391 g/mol. The Balaban J connectivity index is 1.58. The summed E-state index contributed by atoms with van der Waals surface area (Å²) in [6, 6.07) is 15.8. The minimum Gasteiger partial charge on any atom is -0.494 e. The lowest BCUT2D eigenvalue weighted by molar-refractivity contribution is -0.135. The summed E-state index contributed by atoms with van der Waals surface area (Å²) in [7, 11) is 0. The van der Waals surface area contributed by atoms with Crippen LogP contribution in [-0.2, 0) is 16.1 Å². The number of ether oxygens (including phenoxy) is 2. The molecule has 2 heterocycles. The fraction of sp³-hybridized carbons (Fsp3) is 0.304. The van der Waals surface area contributed by atoms with Crippen LogP contribution < -0.4 is 4.74 Å². The molecule has 1 saturated heterocycles. The number of morpholine rings is 1. The predicted octanol–water partition coefficient (Wildman–Crippen LogP) is 3.65. The molecule has 0 N–H and O–H groups in total. The normalized spacial score (nSPS) is 14.6. The summed E-state index contributed by atoms with van der Waals surface area (Å²) >= 11 is 0. The standard InChI is InChI=1S/C23H25N3O3/c1-2-29-20-7-5-6-19(14-20)24-15-18-16-26(22-9-4-3-8-21(18)22)17-23(27)25-10-12-28-13-11-25/h3-9,14-16H,2,10-13,17H2,1H3. The van der Waals surface area contributed by atoms with Crippen LogP contribution in [0.4, 0.5) is 5.69 Å². The number of carbonyl (C=O) groups is 1. The van der Waals surface area contributed by atoms with Crippen molar-refractivity contribution in [3.63, 3.8) is 0 Å². The highest BCUT2D eigenvalue weighted by atomic mass is 16.5. The zero-order chi connectivity index (χ0) is 20.1. The quantitative estimate of drug-likeness (QED) is 0.603. The number of aliphatic imine (C=N–C) groups is 1. The highest BCUT2D eigenvalue weighted by Gasteiger charge is 2.18. The summed E-state index contributed by atoms with van der Waals surface area (Å²) < 4.78 is 12.9. The Bertz CT molecular complexity index is 1020. The molecule has 1 aliphatic heterocycles. The predicted molar refractivity (Wildman–Crippen MR) is 114 cm³/mol. The Morgan fingerprint density at radius 3 is 2.83 bits per heavy atom. The number of para-hydroxylation sites is 1. The lowest BCUT2D eigenvalue weighted by Gasteiger charge is -2.27. The fourth-order valence-electron chi connectivity index (χ4n) is 3.53. The highest BCUT2D eigenvalue weighted by Crippen LogP contribution is 2.23. The molecule has 3 aromatic rings. The molecule has 150 valence electrons. The van der Waals surface area contributed by atoms with Crippen molar-refractivity contribution >= 4 is 28.7 Å². The Morgan fingerprint density at radius 2 is 2.00 bits per heavy atom. The molecular weight excluding hydrogens is 366 g/mol. The molecule has 0 saturated carbocycles. The molecule has 6 nitrogen and oxygen atoms in total. The number of fused-ring (bicyclic) bond motifs is 1. The molecule has 1 amide bonds. The van der Waals surface area contributed by atoms with Crippen LogP contribution in [0.3, 0.4) is 0 Å². The Kier molecular flexibility index (Phi) is 5.91. The van der Waals surface area contributed by atoms with Gasteiger partial charge in [-0.2, -0.15) is 0 Å². The number of hydrogen-bond acceptors (Lipinski definition) is 4. The van der Waals surface area contributed by atoms with E-state index in [2.05, 4.69) is 11.1 Å². The van der Waals surface area contributed by atoms with E-state index in [1.165, 1.54) is 0 Å². The van der Waals surface area contributed by atoms with Gasteiger partial charge in [-0.05, 0) is 25.1 Å². The molecule has 0 atom stereocenters. The van der Waals surface area contributed by atoms with Crippen molar-refractivity contribution in [2.75, 3.05) is 32.9 Å². The van der Waals surface area contributed by atoms with Gasteiger partial charge in [0.2, 0.25) is 5.91 Å². The van der Waals surface area contributed by atoms with E-state index in [0.717, 1.165) is 27.9 Å². The molecule has 1 aromatic heterocycles. The minimum atomic E-state index is 0.113. The van der Waals surface area contributed by atoms with E-state index in [9.17, 15) is 4.79 Å². The molecule has 0 radical (unpaired) electrons. The summed E-state index contributed by atoms with van der Waals surface area (Å²) in [5.74, 6) is 0.919. The van der Waals surface area contributed by atoms with Gasteiger partial charge in [0.1, 0.15) is 12.3 Å². The van der Waals surface area contributed by atoms with Gasteiger partial charge in [0, 0.05) is 48.0 Å². The summed E-state index contributed by atoms with van der Waals surface area (Å²) in [5, 5.41) is 1.08. The van der Waals surface area contributed by atoms with Gasteiger partial charge in [0.05, 0.1) is 25.5 Å². The van der Waals surface area contributed by atoms with E-state index in [1.807, 2.05) is 71.3 Å². The van der Waals surface area contributed by atoms with Crippen LogP contribution >= 0.6 is 0 Å². The molecule has 1 aliphatic rings. The first-order valence-electron chi connectivity index (χ1n) is 9.95. The smallest absolute Gasteiger partial charge is 0.242 e. The largest absolute Gasteiger partial charge is 0.494 e. The molecule has 0 aliphatic carbocycles. The second-order valence-electron chi connectivity index (χ2n) is 6.91. The number of amides is 1. The van der Waals surface area contributed by atoms with Crippen LogP contribution in [0.5, 0.6) is 5.75 Å². The van der Waals surface area contributed by atoms with E-state index >= 15 is 0 Å². The highest BCUT2D eigenvalue weighted by molar-refractivity contribution is 6.00. The van der Waals surface area contributed by atoms with Crippen molar-refractivity contribution < 1.29 is 14.3 Å². The molecular formula is C23H25N3O3. The molecule has 0 unspecified atom stereocenters. The van der Waals surface area contributed by atoms with Crippen molar-refractivity contribution in [1.82, 2.24) is 9.47 Å². The van der Waals surface area contributed by atoms with Gasteiger partial charge in [0.25, 0.3) is 0 Å². The molecule has 4 rings (SSSR count). The third-order valence-corrected chi connectivity index (χ3v) is 4.97. The number of benzene rings is 2. The molecule has 0 bridgehead atoms. The van der Waals surface area contributed by atoms with Crippen molar-refractivity contribution in [1.29, 1.82) is 0 Å². The minimum absolute atomic E-state index is 0.113. The molecule has 0 spiro atoms. The van der Waals surface area contributed by atoms with Crippen molar-refractivity contribution in [3.05, 3.63) is 60.3 Å². The van der Waals surface area contributed by atoms with Gasteiger partial charge in [-0.25, -0.2) is 0 Å². The fourth-order valence-corrected chi connectivity index (χ4v) is 3.53. The van der Waals surface area contributed by atoms with Gasteiger partial charge in [-0.15, -0.1) is 0 Å². The van der Waals surface area contributed by atoms with Gasteiger partial charge in [-0.1, -0.05) is 24.3 Å². The number of rotatable bonds is 6. The number of hydrogen-bond donors (Lipinski definition) is 0. The van der Waals surface area contributed by atoms with Crippen LogP contribution in [0.25, 0.3) is 10.9 Å². The molecule has 1 fully saturated rings. The first-order chi connectivity index (χ1) is 14.2. The van der Waals surface area contributed by atoms with Crippen LogP contribution in [-0.4, -0.2) is 54.5 Å². The van der Waals surface area contributed by atoms with Crippen molar-refractivity contribution in [2.24, 2.45) is 4.99 Å². The van der Waals surface area contributed by atoms with E-state index in [4.69, 9.17) is 9.47 Å². The second kappa shape index (κ2) is 8.92. The summed E-state index contributed by atoms with van der Waals surface area (Å²) in [6.07, 6.45) is 3.85. The number of nitrogens with zero attached hydrogens (tertiary/aromatic N) is 3. The Labute approximate surface area is 170 Å². The first kappa shape index (κ1) is 19.2. The molecule has 29 heavy (non-hydrogen) atoms. The average molecular weight is 391 g/mol. The summed E-state index contributed by atoms with van der Waals surface area (Å²) in [4.78, 5) is 19.2. The van der Waals surface area contributed by atoms with Crippen LogP contribution in [0.2, 0.25) is 0 Å². The van der Waals surface area contributed by atoms with Gasteiger partial charge in [-0.3, -0.25) is 9.79 Å². The summed E-state index contributed by atoms with van der Waals surface area (Å²) in [5.41, 5.74) is 2.84. The van der Waals surface area contributed by atoms with Crippen molar-refractivity contribution in [2.45, 2.75) is 13.5 Å². The summed E-state index contributed by atoms with van der Waals surface area (Å²) in [6.45, 7) is 5.42. The van der Waals surface area contributed by atoms with Crippen LogP contribution in [0.15, 0.2) is 59.7 Å². The second-order valence-corrected chi connectivity index (χ2v) is 6.91. The number of aromatic nitrogens is 1. The van der Waals surface area contributed by atoms with Gasteiger partial charge >= 0.3 is 0 Å². The van der Waals surface area contributed by atoms with E-state index in [-0.39, 0.29) is 5.91 Å². The van der Waals surface area contributed by atoms with E-state index in [1.54, 1.807) is 0 Å². The number of carbonyl (C=O) groups excluding carboxylic acids is 1. The van der Waals surface area contributed by atoms with Crippen LogP contribution in [0.1, 0.15) is 12.5 Å². The third kappa shape index (κ3) is 4.49. The molecule has 6 heteroatoms. The zero-order valence-electron chi connectivity index (χ0n) is 16.6. The Hall–Kier alpha value is -3.12. The maximum Gasteiger partial charge on any atom is 0.242 e. The topological polar surface area (TPSA) is 56.1 Å². The zero-order valence-corrected chi connectivity index (χ0v) is 16.6. The lowest BCUT2D eigenvalue weighted by atomic mass is 10.2. The third-order valence-electron chi connectivity index (χ3n) is 4.97. The van der Waals surface area contributed by atoms with Crippen molar-refractivity contribution in [3.8, 4) is 5.75 Å². The first-order valence-corrected chi connectivity index (χ1v) is 9.95. The maximum atomic E-state index is 12.7. The van der Waals surface area contributed by atoms with E-state index in [0.29, 0.717) is 39.5 Å². The van der Waals surface area contributed by atoms with Crippen LogP contribution in [0, 0.1) is 0 Å². The van der Waals surface area contributed by atoms with Gasteiger partial charge in [0.15, 0.2) is 0 Å².